The van der Waals surface area contributed by atoms with Crippen LogP contribution in [-0.4, -0.2) is 12.1 Å². The lowest BCUT2D eigenvalue weighted by atomic mass is 9.43. The van der Waals surface area contributed by atoms with E-state index in [1.807, 2.05) is 25.1 Å². The van der Waals surface area contributed by atoms with Gasteiger partial charge in [0, 0.05) is 23.2 Å². The van der Waals surface area contributed by atoms with E-state index in [0.717, 1.165) is 29.5 Å². The van der Waals surface area contributed by atoms with Gasteiger partial charge in [0.1, 0.15) is 12.4 Å². The molecule has 4 bridgehead atoms. The van der Waals surface area contributed by atoms with Crippen molar-refractivity contribution in [3.63, 3.8) is 0 Å². The zero-order valence-electron chi connectivity index (χ0n) is 19.7. The Morgan fingerprint density at radius 2 is 1.62 bits per heavy atom. The molecule has 0 saturated heterocycles. The van der Waals surface area contributed by atoms with E-state index in [1.54, 1.807) is 12.1 Å². The van der Waals surface area contributed by atoms with E-state index in [4.69, 9.17) is 9.47 Å². The van der Waals surface area contributed by atoms with Crippen LogP contribution in [0.5, 0.6) is 11.5 Å². The Morgan fingerprint density at radius 1 is 0.906 bits per heavy atom. The van der Waals surface area contributed by atoms with Gasteiger partial charge in [-0.2, -0.15) is 0 Å². The number of nitrogens with one attached hydrogen (secondary N) is 1. The van der Waals surface area contributed by atoms with Crippen LogP contribution in [0.4, 0.5) is 4.39 Å². The van der Waals surface area contributed by atoms with Crippen LogP contribution < -0.4 is 14.8 Å². The molecule has 4 saturated carbocycles. The molecule has 172 valence electrons. The average molecular weight is 438 g/mol. The molecule has 1 N–H and O–H groups in total. The summed E-state index contributed by atoms with van der Waals surface area (Å²) in [5, 5.41) is 4.00. The largest absolute Gasteiger partial charge is 0.490 e. The van der Waals surface area contributed by atoms with Crippen LogP contribution in [-0.2, 0) is 13.2 Å². The number of ether oxygens (including phenoxy) is 2. The minimum atomic E-state index is -0.240. The van der Waals surface area contributed by atoms with Crippen molar-refractivity contribution in [3.8, 4) is 11.5 Å². The predicted octanol–water partition coefficient (Wildman–Crippen LogP) is 6.64. The van der Waals surface area contributed by atoms with Crippen molar-refractivity contribution in [2.45, 2.75) is 78.0 Å². The van der Waals surface area contributed by atoms with Crippen molar-refractivity contribution >= 4 is 0 Å². The molecule has 2 aromatic carbocycles. The Bertz CT molecular complexity index is 971. The number of halogens is 1. The third-order valence-electron chi connectivity index (χ3n) is 7.97. The minimum absolute atomic E-state index is 0.188. The molecule has 4 atom stereocenters. The highest BCUT2D eigenvalue weighted by atomic mass is 19.1. The first-order valence-corrected chi connectivity index (χ1v) is 12.2. The van der Waals surface area contributed by atoms with Crippen molar-refractivity contribution in [2.75, 3.05) is 6.61 Å². The van der Waals surface area contributed by atoms with Crippen molar-refractivity contribution < 1.29 is 13.9 Å². The maximum atomic E-state index is 14.2. The number of para-hydroxylation sites is 1. The van der Waals surface area contributed by atoms with Crippen molar-refractivity contribution in [3.05, 3.63) is 59.4 Å². The molecule has 4 aliphatic rings. The summed E-state index contributed by atoms with van der Waals surface area (Å²) in [5.41, 5.74) is 2.79. The monoisotopic (exact) mass is 437 g/mol. The minimum Gasteiger partial charge on any atom is -0.490 e. The first-order valence-electron chi connectivity index (χ1n) is 12.2. The van der Waals surface area contributed by atoms with Gasteiger partial charge >= 0.3 is 0 Å². The summed E-state index contributed by atoms with van der Waals surface area (Å²) in [6.45, 7) is 8.48. The fraction of sp³-hybridized carbons (Fsp3) is 0.571. The fourth-order valence-electron chi connectivity index (χ4n) is 7.83. The lowest BCUT2D eigenvalue weighted by Crippen LogP contribution is -2.63. The Morgan fingerprint density at radius 3 is 2.31 bits per heavy atom. The standard InChI is InChI=1S/C28H36FNO2/c1-4-31-24-11-7-9-21(25(24)32-16-22-8-5-6-10-23(22)29)15-30-28-14-20-12-26(2,18-28)17-27(3,13-20)19-28/h5-11,20,30H,4,12-19H2,1-3H3/t20?,26-,27+,28?. The Balaban J connectivity index is 1.37. The molecule has 0 aromatic heterocycles. The number of hydrogen-bond acceptors (Lipinski definition) is 3. The topological polar surface area (TPSA) is 30.5 Å². The highest BCUT2D eigenvalue weighted by molar-refractivity contribution is 5.47. The molecule has 0 aliphatic heterocycles. The summed E-state index contributed by atoms with van der Waals surface area (Å²) in [6, 6.07) is 12.9. The molecule has 0 heterocycles. The first kappa shape index (κ1) is 21.8. The van der Waals surface area contributed by atoms with Gasteiger partial charge in [-0.3, -0.25) is 0 Å². The van der Waals surface area contributed by atoms with Crippen molar-refractivity contribution in [1.29, 1.82) is 0 Å². The zero-order chi connectivity index (χ0) is 22.4. The number of hydrogen-bond donors (Lipinski definition) is 1. The van der Waals surface area contributed by atoms with Crippen LogP contribution in [0.2, 0.25) is 0 Å². The van der Waals surface area contributed by atoms with Crippen molar-refractivity contribution in [1.82, 2.24) is 5.32 Å². The molecule has 0 amide bonds. The van der Waals surface area contributed by atoms with Crippen LogP contribution in [0.25, 0.3) is 0 Å². The molecule has 32 heavy (non-hydrogen) atoms. The van der Waals surface area contributed by atoms with E-state index in [-0.39, 0.29) is 18.0 Å². The van der Waals surface area contributed by atoms with Crippen LogP contribution >= 0.6 is 0 Å². The molecule has 4 aliphatic carbocycles. The Hall–Kier alpha value is -2.07. The first-order chi connectivity index (χ1) is 15.3. The molecule has 6 rings (SSSR count). The van der Waals surface area contributed by atoms with Gasteiger partial charge in [-0.05, 0) is 74.3 Å². The highest BCUT2D eigenvalue weighted by Gasteiger charge is 2.59. The van der Waals surface area contributed by atoms with Gasteiger partial charge in [0.25, 0.3) is 0 Å². The lowest BCUT2D eigenvalue weighted by molar-refractivity contribution is -0.118. The smallest absolute Gasteiger partial charge is 0.166 e. The van der Waals surface area contributed by atoms with E-state index >= 15 is 0 Å². The van der Waals surface area contributed by atoms with Crippen LogP contribution in [0.3, 0.4) is 0 Å². The molecule has 0 spiro atoms. The summed E-state index contributed by atoms with van der Waals surface area (Å²) in [5.74, 6) is 2.07. The van der Waals surface area contributed by atoms with Gasteiger partial charge in [0.15, 0.2) is 11.5 Å². The maximum absolute atomic E-state index is 14.2. The molecule has 2 aromatic rings. The van der Waals surface area contributed by atoms with E-state index in [0.29, 0.717) is 23.0 Å². The molecule has 0 radical (unpaired) electrons. The van der Waals surface area contributed by atoms with E-state index < -0.39 is 0 Å². The van der Waals surface area contributed by atoms with Gasteiger partial charge in [-0.25, -0.2) is 4.39 Å². The van der Waals surface area contributed by atoms with Crippen LogP contribution in [0, 0.1) is 22.6 Å². The van der Waals surface area contributed by atoms with Gasteiger partial charge in [-0.1, -0.05) is 44.2 Å². The summed E-state index contributed by atoms with van der Waals surface area (Å²) in [7, 11) is 0. The van der Waals surface area contributed by atoms with E-state index in [2.05, 4.69) is 25.2 Å². The number of rotatable bonds is 8. The van der Waals surface area contributed by atoms with Gasteiger partial charge in [0.2, 0.25) is 0 Å². The summed E-state index contributed by atoms with van der Waals surface area (Å²) >= 11 is 0. The second-order valence-corrected chi connectivity index (χ2v) is 11.3. The van der Waals surface area contributed by atoms with Crippen molar-refractivity contribution in [2.24, 2.45) is 16.7 Å². The highest BCUT2D eigenvalue weighted by Crippen LogP contribution is 2.66. The average Bonchev–Trinajstić information content (AvgIpc) is 2.70. The maximum Gasteiger partial charge on any atom is 0.166 e. The molecular formula is C28H36FNO2. The Labute approximate surface area is 191 Å². The van der Waals surface area contributed by atoms with E-state index in [9.17, 15) is 4.39 Å². The van der Waals surface area contributed by atoms with Gasteiger partial charge in [-0.15, -0.1) is 0 Å². The second-order valence-electron chi connectivity index (χ2n) is 11.3. The fourth-order valence-corrected chi connectivity index (χ4v) is 7.83. The van der Waals surface area contributed by atoms with Crippen LogP contribution in [0.1, 0.15) is 70.4 Å². The lowest BCUT2D eigenvalue weighted by Gasteiger charge is -2.65. The molecule has 4 fully saturated rings. The van der Waals surface area contributed by atoms with Crippen LogP contribution in [0.15, 0.2) is 42.5 Å². The Kier molecular flexibility index (Phi) is 5.48. The normalized spacial score (nSPS) is 32.8. The van der Waals surface area contributed by atoms with E-state index in [1.165, 1.54) is 44.6 Å². The molecule has 2 unspecified atom stereocenters. The quantitative estimate of drug-likeness (QED) is 0.502. The van der Waals surface area contributed by atoms with Gasteiger partial charge in [0.05, 0.1) is 6.61 Å². The molecule has 4 heteroatoms. The molecule has 3 nitrogen and oxygen atoms in total. The third-order valence-corrected chi connectivity index (χ3v) is 7.97. The number of benzene rings is 2. The summed E-state index contributed by atoms with van der Waals surface area (Å²) in [6.07, 6.45) is 7.97. The van der Waals surface area contributed by atoms with Gasteiger partial charge < -0.3 is 14.8 Å². The SMILES string of the molecule is CCOc1cccc(CNC23CC4C[C@@](C)(C2)C[C@](C)(C4)C3)c1OCc1ccccc1F. The molecular weight excluding hydrogens is 401 g/mol. The third kappa shape index (κ3) is 4.14. The second kappa shape index (κ2) is 8.06. The summed E-state index contributed by atoms with van der Waals surface area (Å²) in [4.78, 5) is 0. The summed E-state index contributed by atoms with van der Waals surface area (Å²) < 4.78 is 26.2. The predicted molar refractivity (Wildman–Crippen MR) is 125 cm³/mol. The zero-order valence-corrected chi connectivity index (χ0v) is 19.7.